The Morgan fingerprint density at radius 1 is 1.20 bits per heavy atom. The van der Waals surface area contributed by atoms with Crippen molar-refractivity contribution in [1.29, 1.82) is 0 Å². The van der Waals surface area contributed by atoms with Crippen molar-refractivity contribution >= 4 is 32.3 Å². The number of sulfonamides is 1. The largest absolute Gasteiger partial charge is 0.369 e. The van der Waals surface area contributed by atoms with Gasteiger partial charge < -0.3 is 16.2 Å². The van der Waals surface area contributed by atoms with Gasteiger partial charge in [0.05, 0.1) is 5.56 Å². The van der Waals surface area contributed by atoms with Crippen LogP contribution in [0.4, 0.5) is 9.39 Å². The number of rotatable bonds is 8. The molecule has 158 valence electrons. The van der Waals surface area contributed by atoms with Crippen LogP contribution in [0.5, 0.6) is 0 Å². The quantitative estimate of drug-likeness (QED) is 0.458. The molecule has 0 aliphatic carbocycles. The number of primary amides is 1. The summed E-state index contributed by atoms with van der Waals surface area (Å²) in [7, 11) is -2.51. The van der Waals surface area contributed by atoms with Crippen LogP contribution in [0.3, 0.4) is 0 Å². The first kappa shape index (κ1) is 21.9. The first-order chi connectivity index (χ1) is 14.2. The van der Waals surface area contributed by atoms with Crippen molar-refractivity contribution in [3.63, 3.8) is 0 Å². The molecule has 7 nitrogen and oxygen atoms in total. The van der Waals surface area contributed by atoms with Gasteiger partial charge in [-0.25, -0.2) is 12.8 Å². The number of carbonyl (C=O) groups is 1. The number of anilines is 1. The van der Waals surface area contributed by atoms with E-state index in [2.05, 4.69) is 5.32 Å². The first-order valence-corrected chi connectivity index (χ1v) is 11.1. The highest BCUT2D eigenvalue weighted by Gasteiger charge is 2.27. The van der Waals surface area contributed by atoms with E-state index in [-0.39, 0.29) is 26.9 Å². The van der Waals surface area contributed by atoms with Gasteiger partial charge >= 0.3 is 0 Å². The molecule has 3 aromatic rings. The summed E-state index contributed by atoms with van der Waals surface area (Å²) in [6.07, 6.45) is -1.50. The van der Waals surface area contributed by atoms with E-state index in [1.165, 1.54) is 25.2 Å². The number of aliphatic hydroxyl groups is 1. The molecule has 0 aliphatic rings. The second kappa shape index (κ2) is 8.92. The zero-order valence-corrected chi connectivity index (χ0v) is 17.6. The molecule has 0 saturated heterocycles. The van der Waals surface area contributed by atoms with Gasteiger partial charge in [-0.1, -0.05) is 48.5 Å². The van der Waals surface area contributed by atoms with Crippen molar-refractivity contribution in [3.05, 3.63) is 83.2 Å². The van der Waals surface area contributed by atoms with E-state index >= 15 is 0 Å². The average Bonchev–Trinajstić information content (AvgIpc) is 3.14. The first-order valence-electron chi connectivity index (χ1n) is 8.83. The van der Waals surface area contributed by atoms with Crippen LogP contribution in [0.25, 0.3) is 0 Å². The molecule has 4 N–H and O–H groups in total. The lowest BCUT2D eigenvalue weighted by molar-refractivity contribution is 0.100. The predicted octanol–water partition coefficient (Wildman–Crippen LogP) is 2.91. The maximum Gasteiger partial charge on any atom is 0.252 e. The fraction of sp³-hybridized carbons (Fsp3) is 0.150. The molecule has 1 unspecified atom stereocenters. The number of hydrogen-bond acceptors (Lipinski definition) is 6. The Kier molecular flexibility index (Phi) is 6.52. The number of benzene rings is 2. The van der Waals surface area contributed by atoms with E-state index in [1.54, 1.807) is 30.3 Å². The fourth-order valence-electron chi connectivity index (χ4n) is 2.76. The molecule has 0 aliphatic heterocycles. The molecule has 10 heteroatoms. The smallest absolute Gasteiger partial charge is 0.252 e. The highest BCUT2D eigenvalue weighted by Crippen LogP contribution is 2.35. The van der Waals surface area contributed by atoms with E-state index in [0.717, 1.165) is 27.3 Å². The van der Waals surface area contributed by atoms with Crippen LogP contribution in [-0.4, -0.2) is 30.8 Å². The van der Waals surface area contributed by atoms with Crippen molar-refractivity contribution in [2.75, 3.05) is 12.4 Å². The molecule has 2 aromatic carbocycles. The molecule has 0 bridgehead atoms. The topological polar surface area (TPSA) is 113 Å². The summed E-state index contributed by atoms with van der Waals surface area (Å²) in [4.78, 5) is 11.8. The van der Waals surface area contributed by atoms with E-state index in [9.17, 15) is 22.7 Å². The molecule has 0 radical (unpaired) electrons. The number of thiophene rings is 1. The summed E-state index contributed by atoms with van der Waals surface area (Å²) in [5, 5.41) is 12.9. The zero-order chi connectivity index (χ0) is 21.9. The number of amides is 1. The average molecular weight is 450 g/mol. The minimum Gasteiger partial charge on any atom is -0.369 e. The van der Waals surface area contributed by atoms with Crippen LogP contribution in [0.15, 0.2) is 64.9 Å². The molecular formula is C20H20FN3O4S2. The lowest BCUT2D eigenvalue weighted by Gasteiger charge is -2.16. The lowest BCUT2D eigenvalue weighted by atomic mass is 10.2. The second-order valence-corrected chi connectivity index (χ2v) is 9.81. The van der Waals surface area contributed by atoms with Gasteiger partial charge in [0.2, 0.25) is 0 Å². The van der Waals surface area contributed by atoms with Crippen LogP contribution in [0.1, 0.15) is 27.7 Å². The number of carbonyl (C=O) groups excluding carboxylic acids is 1. The van der Waals surface area contributed by atoms with E-state index < -0.39 is 28.0 Å². The fourth-order valence-corrected chi connectivity index (χ4v) is 5.53. The van der Waals surface area contributed by atoms with Crippen molar-refractivity contribution in [2.45, 2.75) is 17.0 Å². The minimum absolute atomic E-state index is 0.0324. The van der Waals surface area contributed by atoms with Crippen LogP contribution in [0, 0.1) is 5.82 Å². The van der Waals surface area contributed by atoms with Gasteiger partial charge in [0.1, 0.15) is 15.0 Å². The Balaban J connectivity index is 1.89. The van der Waals surface area contributed by atoms with Crippen molar-refractivity contribution in [1.82, 2.24) is 4.31 Å². The maximum absolute atomic E-state index is 13.9. The van der Waals surface area contributed by atoms with Crippen molar-refractivity contribution in [3.8, 4) is 0 Å². The Labute approximate surface area is 177 Å². The third-order valence-electron chi connectivity index (χ3n) is 4.36. The normalized spacial score (nSPS) is 12.7. The van der Waals surface area contributed by atoms with Gasteiger partial charge in [-0.2, -0.15) is 4.31 Å². The SMILES string of the molecule is CN(Cc1ccccc1)S(=O)(=O)c1cc(C(N)=O)c(NC(O)c2ccccc2F)s1. The van der Waals surface area contributed by atoms with Gasteiger partial charge in [-0.05, 0) is 17.7 Å². The summed E-state index contributed by atoms with van der Waals surface area (Å²) in [5.41, 5.74) is 6.02. The molecule has 1 aromatic heterocycles. The predicted molar refractivity (Wildman–Crippen MR) is 113 cm³/mol. The third-order valence-corrected chi connectivity index (χ3v) is 7.67. The van der Waals surface area contributed by atoms with Crippen LogP contribution < -0.4 is 11.1 Å². The van der Waals surface area contributed by atoms with Gasteiger partial charge in [-0.15, -0.1) is 11.3 Å². The Hall–Kier alpha value is -2.79. The van der Waals surface area contributed by atoms with E-state index in [1.807, 2.05) is 6.07 Å². The van der Waals surface area contributed by atoms with Gasteiger partial charge in [0.25, 0.3) is 15.9 Å². The number of halogens is 1. The Bertz CT molecular complexity index is 1150. The molecule has 1 atom stereocenters. The van der Waals surface area contributed by atoms with Crippen molar-refractivity contribution < 1.29 is 22.7 Å². The van der Waals surface area contributed by atoms with Gasteiger partial charge in [0, 0.05) is 19.2 Å². The lowest BCUT2D eigenvalue weighted by Crippen LogP contribution is -2.25. The third kappa shape index (κ3) is 4.68. The number of nitrogens with zero attached hydrogens (tertiary/aromatic N) is 1. The maximum atomic E-state index is 13.9. The Morgan fingerprint density at radius 2 is 1.83 bits per heavy atom. The Morgan fingerprint density at radius 3 is 2.47 bits per heavy atom. The van der Waals surface area contributed by atoms with Crippen LogP contribution >= 0.6 is 11.3 Å². The summed E-state index contributed by atoms with van der Waals surface area (Å²) in [5.74, 6) is -1.52. The standard InChI is InChI=1S/C20H20FN3O4S2/c1-24(12-13-7-3-2-4-8-13)30(27,28)17-11-15(18(22)25)20(29-17)23-19(26)14-9-5-6-10-16(14)21/h2-11,19,23,26H,12H2,1H3,(H2,22,25). The van der Waals surface area contributed by atoms with Crippen LogP contribution in [-0.2, 0) is 16.6 Å². The highest BCUT2D eigenvalue weighted by atomic mass is 32.2. The minimum atomic E-state index is -3.93. The summed E-state index contributed by atoms with van der Waals surface area (Å²) in [6, 6.07) is 15.7. The van der Waals surface area contributed by atoms with Gasteiger partial charge in [0.15, 0.2) is 6.23 Å². The second-order valence-electron chi connectivity index (χ2n) is 6.49. The molecule has 0 saturated carbocycles. The van der Waals surface area contributed by atoms with E-state index in [0.29, 0.717) is 0 Å². The molecule has 30 heavy (non-hydrogen) atoms. The monoisotopic (exact) mass is 449 g/mol. The molecule has 0 spiro atoms. The molecule has 0 fully saturated rings. The van der Waals surface area contributed by atoms with Crippen LogP contribution in [0.2, 0.25) is 0 Å². The molecule has 1 amide bonds. The molecular weight excluding hydrogens is 429 g/mol. The summed E-state index contributed by atoms with van der Waals surface area (Å²) >= 11 is 0.738. The number of aliphatic hydroxyl groups excluding tert-OH is 1. The van der Waals surface area contributed by atoms with Gasteiger partial charge in [-0.3, -0.25) is 4.79 Å². The number of hydrogen-bond donors (Lipinski definition) is 3. The van der Waals surface area contributed by atoms with Crippen molar-refractivity contribution in [2.24, 2.45) is 5.73 Å². The van der Waals surface area contributed by atoms with E-state index in [4.69, 9.17) is 5.73 Å². The summed E-state index contributed by atoms with van der Waals surface area (Å²) in [6.45, 7) is 0.133. The molecule has 3 rings (SSSR count). The summed E-state index contributed by atoms with van der Waals surface area (Å²) < 4.78 is 40.9. The zero-order valence-electron chi connectivity index (χ0n) is 15.9. The molecule has 1 heterocycles. The highest BCUT2D eigenvalue weighted by molar-refractivity contribution is 7.91. The number of nitrogens with two attached hydrogens (primary N) is 1. The number of nitrogens with one attached hydrogen (secondary N) is 1.